The van der Waals surface area contributed by atoms with Crippen molar-refractivity contribution < 1.29 is 9.53 Å². The Balaban J connectivity index is 1.38. The lowest BCUT2D eigenvalue weighted by molar-refractivity contribution is -0.125. The number of ether oxygens (including phenoxy) is 1. The summed E-state index contributed by atoms with van der Waals surface area (Å²) in [4.78, 5) is 17.0. The molecule has 2 atom stereocenters. The number of hydrogen-bond acceptors (Lipinski definition) is 5. The molecular weight excluding hydrogens is 462 g/mol. The van der Waals surface area contributed by atoms with Crippen molar-refractivity contribution in [2.45, 2.75) is 76.9 Å². The van der Waals surface area contributed by atoms with Crippen LogP contribution in [-0.4, -0.2) is 37.8 Å². The third-order valence-electron chi connectivity index (χ3n) is 7.30. The molecule has 2 aromatic heterocycles. The van der Waals surface area contributed by atoms with E-state index in [-0.39, 0.29) is 24.0 Å². The maximum atomic E-state index is 12.7. The van der Waals surface area contributed by atoms with Crippen molar-refractivity contribution in [2.24, 2.45) is 5.92 Å². The molecule has 184 valence electrons. The van der Waals surface area contributed by atoms with Crippen LogP contribution >= 0.6 is 11.6 Å². The first-order valence-corrected chi connectivity index (χ1v) is 13.0. The molecule has 0 saturated heterocycles. The highest BCUT2D eigenvalue weighted by molar-refractivity contribution is 6.30. The summed E-state index contributed by atoms with van der Waals surface area (Å²) in [6, 6.07) is 11.7. The van der Waals surface area contributed by atoms with Crippen LogP contribution in [0.15, 0.2) is 42.6 Å². The van der Waals surface area contributed by atoms with Crippen molar-refractivity contribution in [1.82, 2.24) is 25.1 Å². The summed E-state index contributed by atoms with van der Waals surface area (Å²) in [5, 5.41) is 13.2. The number of nitrogens with zero attached hydrogens (tertiary/aromatic N) is 4. The van der Waals surface area contributed by atoms with Crippen molar-refractivity contribution in [3.8, 4) is 11.6 Å². The Morgan fingerprint density at radius 3 is 2.74 bits per heavy atom. The Bertz CT molecular complexity index is 1170. The number of nitrogens with one attached hydrogen (secondary N) is 1. The van der Waals surface area contributed by atoms with Gasteiger partial charge in [-0.15, -0.1) is 10.2 Å². The second kappa shape index (κ2) is 10.4. The van der Waals surface area contributed by atoms with Crippen LogP contribution < -0.4 is 10.1 Å². The number of benzene rings is 1. The van der Waals surface area contributed by atoms with E-state index in [0.717, 1.165) is 55.0 Å². The number of amides is 1. The van der Waals surface area contributed by atoms with Crippen molar-refractivity contribution >= 4 is 17.5 Å². The van der Waals surface area contributed by atoms with E-state index < -0.39 is 0 Å². The molecule has 0 spiro atoms. The SMILES string of the molecule is CCC(C)C(=O)N[C@H]1Cc2cc(Cl)ccc2-n2c(nnc2C2CCC(Oc3ccccn3)CC2)C1. The first-order valence-electron chi connectivity index (χ1n) is 12.6. The lowest BCUT2D eigenvalue weighted by Gasteiger charge is -2.28. The van der Waals surface area contributed by atoms with Gasteiger partial charge in [0.25, 0.3) is 0 Å². The van der Waals surface area contributed by atoms with Crippen LogP contribution in [0.25, 0.3) is 5.69 Å². The Morgan fingerprint density at radius 2 is 2.00 bits per heavy atom. The van der Waals surface area contributed by atoms with Gasteiger partial charge in [-0.3, -0.25) is 9.36 Å². The molecule has 1 unspecified atom stereocenters. The molecule has 5 rings (SSSR count). The topological polar surface area (TPSA) is 81.9 Å². The molecule has 2 aliphatic rings. The number of pyridine rings is 1. The number of hydrogen-bond donors (Lipinski definition) is 1. The fourth-order valence-corrected chi connectivity index (χ4v) is 5.34. The zero-order valence-corrected chi connectivity index (χ0v) is 21.0. The van der Waals surface area contributed by atoms with E-state index in [0.29, 0.717) is 29.7 Å². The molecule has 1 saturated carbocycles. The minimum Gasteiger partial charge on any atom is -0.474 e. The summed E-state index contributed by atoms with van der Waals surface area (Å²) in [6.07, 6.45) is 7.95. The predicted octanol–water partition coefficient (Wildman–Crippen LogP) is 5.05. The molecule has 0 bridgehead atoms. The van der Waals surface area contributed by atoms with Gasteiger partial charge in [-0.1, -0.05) is 31.5 Å². The fourth-order valence-electron chi connectivity index (χ4n) is 5.14. The molecule has 7 nitrogen and oxygen atoms in total. The summed E-state index contributed by atoms with van der Waals surface area (Å²) < 4.78 is 8.31. The van der Waals surface area contributed by atoms with Gasteiger partial charge in [-0.2, -0.15) is 0 Å². The summed E-state index contributed by atoms with van der Waals surface area (Å²) in [6.45, 7) is 4.00. The minimum atomic E-state index is -0.0467. The smallest absolute Gasteiger partial charge is 0.223 e. The number of rotatable bonds is 6. The molecule has 0 radical (unpaired) electrons. The summed E-state index contributed by atoms with van der Waals surface area (Å²) >= 11 is 6.38. The lowest BCUT2D eigenvalue weighted by atomic mass is 9.86. The van der Waals surface area contributed by atoms with Crippen LogP contribution in [0.1, 0.15) is 69.1 Å². The highest BCUT2D eigenvalue weighted by atomic mass is 35.5. The van der Waals surface area contributed by atoms with Gasteiger partial charge in [0.15, 0.2) is 0 Å². The van der Waals surface area contributed by atoms with Crippen LogP contribution in [0.4, 0.5) is 0 Å². The van der Waals surface area contributed by atoms with E-state index in [9.17, 15) is 4.79 Å². The zero-order chi connectivity index (χ0) is 24.4. The van der Waals surface area contributed by atoms with Gasteiger partial charge in [0, 0.05) is 41.6 Å². The van der Waals surface area contributed by atoms with Gasteiger partial charge >= 0.3 is 0 Å². The van der Waals surface area contributed by atoms with Crippen LogP contribution in [0.2, 0.25) is 5.02 Å². The first-order chi connectivity index (χ1) is 17.0. The van der Waals surface area contributed by atoms with Gasteiger partial charge in [-0.25, -0.2) is 4.98 Å². The van der Waals surface area contributed by atoms with Crippen molar-refractivity contribution in [2.75, 3.05) is 0 Å². The average Bonchev–Trinajstić information content (AvgIpc) is 3.21. The summed E-state index contributed by atoms with van der Waals surface area (Å²) in [5.41, 5.74) is 2.18. The Morgan fingerprint density at radius 1 is 1.17 bits per heavy atom. The maximum Gasteiger partial charge on any atom is 0.223 e. The number of carbonyl (C=O) groups excluding carboxylic acids is 1. The zero-order valence-electron chi connectivity index (χ0n) is 20.3. The molecule has 35 heavy (non-hydrogen) atoms. The highest BCUT2D eigenvalue weighted by Crippen LogP contribution is 2.37. The number of halogens is 1. The van der Waals surface area contributed by atoms with E-state index >= 15 is 0 Å². The highest BCUT2D eigenvalue weighted by Gasteiger charge is 2.32. The van der Waals surface area contributed by atoms with Crippen LogP contribution in [0.5, 0.6) is 5.88 Å². The van der Waals surface area contributed by atoms with Gasteiger partial charge in [-0.05, 0) is 68.4 Å². The van der Waals surface area contributed by atoms with E-state index in [1.165, 1.54) is 0 Å². The average molecular weight is 494 g/mol. The second-order valence-electron chi connectivity index (χ2n) is 9.77. The van der Waals surface area contributed by atoms with E-state index in [1.54, 1.807) is 6.20 Å². The first kappa shape index (κ1) is 23.8. The quantitative estimate of drug-likeness (QED) is 0.519. The molecule has 1 fully saturated rings. The number of fused-ring (bicyclic) bond motifs is 3. The van der Waals surface area contributed by atoms with Crippen molar-refractivity contribution in [3.05, 3.63) is 64.8 Å². The minimum absolute atomic E-state index is 0.0194. The fraction of sp³-hybridized carbons (Fsp3) is 0.481. The Kier molecular flexibility index (Phi) is 7.04. The van der Waals surface area contributed by atoms with Crippen molar-refractivity contribution in [3.63, 3.8) is 0 Å². The molecular formula is C27H32ClN5O2. The summed E-state index contributed by atoms with van der Waals surface area (Å²) in [7, 11) is 0. The van der Waals surface area contributed by atoms with E-state index in [4.69, 9.17) is 16.3 Å². The summed E-state index contributed by atoms with van der Waals surface area (Å²) in [5.74, 6) is 2.93. The van der Waals surface area contributed by atoms with Gasteiger partial charge < -0.3 is 10.1 Å². The molecule has 3 aromatic rings. The van der Waals surface area contributed by atoms with Gasteiger partial charge in [0.1, 0.15) is 17.8 Å². The van der Waals surface area contributed by atoms with Crippen molar-refractivity contribution in [1.29, 1.82) is 0 Å². The molecule has 1 aromatic carbocycles. The molecule has 8 heteroatoms. The number of aromatic nitrogens is 4. The van der Waals surface area contributed by atoms with E-state index in [2.05, 4.69) is 31.1 Å². The molecule has 1 N–H and O–H groups in total. The van der Waals surface area contributed by atoms with Crippen LogP contribution in [0, 0.1) is 5.92 Å². The predicted molar refractivity (Wildman–Crippen MR) is 135 cm³/mol. The normalized spacial score (nSPS) is 22.4. The third-order valence-corrected chi connectivity index (χ3v) is 7.54. The Hall–Kier alpha value is -2.93. The van der Waals surface area contributed by atoms with Gasteiger partial charge in [0.05, 0.1) is 5.69 Å². The van der Waals surface area contributed by atoms with Crippen LogP contribution in [-0.2, 0) is 17.6 Å². The second-order valence-corrected chi connectivity index (χ2v) is 10.2. The van der Waals surface area contributed by atoms with Crippen LogP contribution in [0.3, 0.4) is 0 Å². The third kappa shape index (κ3) is 5.20. The standard InChI is InChI=1S/C27H32ClN5O2/c1-3-17(2)27(34)30-21-15-19-14-20(28)9-12-23(19)33-24(16-21)31-32-26(33)18-7-10-22(11-8-18)35-25-6-4-5-13-29-25/h4-6,9,12-14,17-18,21-22H,3,7-8,10-11,15-16H2,1-2H3,(H,30,34)/t17?,18?,21-,22?/m0/s1. The molecule has 1 aliphatic carbocycles. The molecule has 1 aliphatic heterocycles. The van der Waals surface area contributed by atoms with Gasteiger partial charge in [0.2, 0.25) is 11.8 Å². The monoisotopic (exact) mass is 493 g/mol. The number of carbonyl (C=O) groups is 1. The molecule has 1 amide bonds. The Labute approximate surface area is 211 Å². The lowest BCUT2D eigenvalue weighted by Crippen LogP contribution is -2.40. The maximum absolute atomic E-state index is 12.7. The molecule has 3 heterocycles. The largest absolute Gasteiger partial charge is 0.474 e. The van der Waals surface area contributed by atoms with E-state index in [1.807, 2.05) is 44.2 Å².